The highest BCUT2D eigenvalue weighted by atomic mass is 32.2. The molecule has 20 heavy (non-hydrogen) atoms. The van der Waals surface area contributed by atoms with Crippen LogP contribution in [0.3, 0.4) is 0 Å². The van der Waals surface area contributed by atoms with Gasteiger partial charge in [-0.15, -0.1) is 0 Å². The number of aromatic nitrogens is 1. The van der Waals surface area contributed by atoms with Crippen LogP contribution in [0.25, 0.3) is 11.3 Å². The molecule has 106 valence electrons. The molecule has 0 saturated heterocycles. The number of aliphatic carboxylic acids is 1. The van der Waals surface area contributed by atoms with Gasteiger partial charge in [-0.25, -0.2) is 0 Å². The van der Waals surface area contributed by atoms with Crippen molar-refractivity contribution in [3.05, 3.63) is 41.7 Å². The number of thioether (sulfide) groups is 1. The van der Waals surface area contributed by atoms with Crippen molar-refractivity contribution < 1.29 is 14.4 Å². The fourth-order valence-corrected chi connectivity index (χ4v) is 2.45. The van der Waals surface area contributed by atoms with Gasteiger partial charge < -0.3 is 15.4 Å². The lowest BCUT2D eigenvalue weighted by atomic mass is 10.1. The van der Waals surface area contributed by atoms with Crippen molar-refractivity contribution in [1.82, 2.24) is 5.16 Å². The number of aryl methyl sites for hydroxylation is 1. The fraction of sp³-hybridized carbons (Fsp3) is 0.286. The number of hydrogen-bond acceptors (Lipinski definition) is 5. The van der Waals surface area contributed by atoms with Gasteiger partial charge in [0.1, 0.15) is 17.5 Å². The molecular weight excluding hydrogens is 276 g/mol. The Hall–Kier alpha value is -1.79. The first-order valence-corrected chi connectivity index (χ1v) is 7.30. The third kappa shape index (κ3) is 3.85. The van der Waals surface area contributed by atoms with E-state index in [2.05, 4.69) is 5.16 Å². The van der Waals surface area contributed by atoms with Crippen LogP contribution in [0, 0.1) is 6.92 Å². The monoisotopic (exact) mass is 292 g/mol. The van der Waals surface area contributed by atoms with Crippen molar-refractivity contribution in [2.75, 3.05) is 5.75 Å². The highest BCUT2D eigenvalue weighted by Gasteiger charge is 2.12. The first-order valence-electron chi connectivity index (χ1n) is 6.15. The topological polar surface area (TPSA) is 89.4 Å². The molecular formula is C14H16N2O3S. The van der Waals surface area contributed by atoms with Gasteiger partial charge in [0.2, 0.25) is 0 Å². The Morgan fingerprint density at radius 1 is 1.45 bits per heavy atom. The number of benzene rings is 1. The van der Waals surface area contributed by atoms with Crippen molar-refractivity contribution in [3.8, 4) is 11.3 Å². The normalized spacial score (nSPS) is 12.3. The van der Waals surface area contributed by atoms with Crippen LogP contribution in [-0.4, -0.2) is 28.0 Å². The fourth-order valence-electron chi connectivity index (χ4n) is 1.60. The second kappa shape index (κ2) is 6.58. The van der Waals surface area contributed by atoms with Gasteiger partial charge in [-0.2, -0.15) is 11.8 Å². The van der Waals surface area contributed by atoms with E-state index >= 15 is 0 Å². The largest absolute Gasteiger partial charge is 0.480 e. The smallest absolute Gasteiger partial charge is 0.321 e. The Bertz CT molecular complexity index is 580. The lowest BCUT2D eigenvalue weighted by molar-refractivity contribution is -0.137. The molecule has 0 aliphatic rings. The average molecular weight is 292 g/mol. The van der Waals surface area contributed by atoms with Gasteiger partial charge in [0, 0.05) is 17.4 Å². The van der Waals surface area contributed by atoms with Crippen LogP contribution in [0.1, 0.15) is 11.3 Å². The van der Waals surface area contributed by atoms with Gasteiger partial charge >= 0.3 is 5.97 Å². The molecule has 0 spiro atoms. The van der Waals surface area contributed by atoms with Gasteiger partial charge in [-0.05, 0) is 6.92 Å². The molecule has 0 amide bonds. The summed E-state index contributed by atoms with van der Waals surface area (Å²) in [6.45, 7) is 2.03. The third-order valence-corrected chi connectivity index (χ3v) is 3.85. The molecule has 0 saturated carbocycles. The lowest BCUT2D eigenvalue weighted by Gasteiger charge is -2.03. The van der Waals surface area contributed by atoms with Crippen LogP contribution in [0.15, 0.2) is 34.9 Å². The second-order valence-electron chi connectivity index (χ2n) is 4.50. The second-order valence-corrected chi connectivity index (χ2v) is 5.53. The summed E-state index contributed by atoms with van der Waals surface area (Å²) in [7, 11) is 0. The third-order valence-electron chi connectivity index (χ3n) is 2.77. The quantitative estimate of drug-likeness (QED) is 0.849. The zero-order chi connectivity index (χ0) is 14.5. The SMILES string of the molecule is Cc1ccc(-c2cc(CSC[C@H](N)C(=O)O)on2)cc1. The molecule has 2 rings (SSSR count). The number of rotatable bonds is 6. The summed E-state index contributed by atoms with van der Waals surface area (Å²) in [4.78, 5) is 10.6. The van der Waals surface area contributed by atoms with E-state index in [0.29, 0.717) is 17.3 Å². The van der Waals surface area contributed by atoms with Crippen LogP contribution in [0.2, 0.25) is 0 Å². The maximum absolute atomic E-state index is 10.6. The minimum atomic E-state index is -0.990. The number of hydrogen-bond donors (Lipinski definition) is 2. The lowest BCUT2D eigenvalue weighted by Crippen LogP contribution is -2.32. The molecule has 5 nitrogen and oxygen atoms in total. The Morgan fingerprint density at radius 3 is 2.80 bits per heavy atom. The molecule has 3 N–H and O–H groups in total. The van der Waals surface area contributed by atoms with Gasteiger partial charge in [0.25, 0.3) is 0 Å². The van der Waals surface area contributed by atoms with E-state index in [4.69, 9.17) is 15.4 Å². The molecule has 0 aliphatic heterocycles. The van der Waals surface area contributed by atoms with Crippen LogP contribution in [-0.2, 0) is 10.5 Å². The van der Waals surface area contributed by atoms with Gasteiger partial charge in [0.15, 0.2) is 0 Å². The van der Waals surface area contributed by atoms with E-state index in [1.54, 1.807) is 0 Å². The Morgan fingerprint density at radius 2 is 2.15 bits per heavy atom. The maximum Gasteiger partial charge on any atom is 0.321 e. The summed E-state index contributed by atoms with van der Waals surface area (Å²) >= 11 is 1.41. The first kappa shape index (κ1) is 14.6. The van der Waals surface area contributed by atoms with Crippen LogP contribution >= 0.6 is 11.8 Å². The maximum atomic E-state index is 10.6. The standard InChI is InChI=1S/C14H16N2O3S/c1-9-2-4-10(5-3-9)13-6-11(19-16-13)7-20-8-12(15)14(17)18/h2-6,12H,7-8,15H2,1H3,(H,17,18)/t12-/m0/s1. The number of carboxylic acid groups (broad SMARTS) is 1. The molecule has 1 atom stereocenters. The molecule has 0 aliphatic carbocycles. The highest BCUT2D eigenvalue weighted by Crippen LogP contribution is 2.22. The molecule has 6 heteroatoms. The number of carboxylic acids is 1. The minimum absolute atomic E-state index is 0.343. The van der Waals surface area contributed by atoms with Crippen LogP contribution < -0.4 is 5.73 Å². The van der Waals surface area contributed by atoms with E-state index in [9.17, 15) is 4.79 Å². The van der Waals surface area contributed by atoms with E-state index < -0.39 is 12.0 Å². The van der Waals surface area contributed by atoms with Crippen molar-refractivity contribution in [2.45, 2.75) is 18.7 Å². The molecule has 0 bridgehead atoms. The van der Waals surface area contributed by atoms with Crippen molar-refractivity contribution in [3.63, 3.8) is 0 Å². The summed E-state index contributed by atoms with van der Waals surface area (Å²) in [5, 5.41) is 12.7. The van der Waals surface area contributed by atoms with E-state index in [0.717, 1.165) is 11.3 Å². The Balaban J connectivity index is 1.92. The highest BCUT2D eigenvalue weighted by molar-refractivity contribution is 7.98. The molecule has 0 fully saturated rings. The summed E-state index contributed by atoms with van der Waals surface area (Å²) in [6.07, 6.45) is 0. The molecule has 1 aromatic carbocycles. The Kier molecular flexibility index (Phi) is 4.81. The zero-order valence-electron chi connectivity index (χ0n) is 11.1. The molecule has 1 aromatic heterocycles. The minimum Gasteiger partial charge on any atom is -0.480 e. The molecule has 0 radical (unpaired) electrons. The van der Waals surface area contributed by atoms with Crippen molar-refractivity contribution in [1.29, 1.82) is 0 Å². The van der Waals surface area contributed by atoms with Crippen LogP contribution in [0.4, 0.5) is 0 Å². The van der Waals surface area contributed by atoms with Crippen LogP contribution in [0.5, 0.6) is 0 Å². The summed E-state index contributed by atoms with van der Waals surface area (Å²) in [5.41, 5.74) is 8.39. The Labute approximate surface area is 121 Å². The van der Waals surface area contributed by atoms with Gasteiger partial charge in [-0.3, -0.25) is 4.79 Å². The first-order chi connectivity index (χ1) is 9.56. The van der Waals surface area contributed by atoms with Crippen molar-refractivity contribution in [2.24, 2.45) is 5.73 Å². The predicted octanol–water partition coefficient (Wildman–Crippen LogP) is 2.30. The van der Waals surface area contributed by atoms with E-state index in [-0.39, 0.29) is 0 Å². The predicted molar refractivity (Wildman–Crippen MR) is 78.4 cm³/mol. The molecule has 0 unspecified atom stereocenters. The zero-order valence-corrected chi connectivity index (χ0v) is 11.9. The number of carbonyl (C=O) groups is 1. The van der Waals surface area contributed by atoms with Crippen molar-refractivity contribution >= 4 is 17.7 Å². The molecule has 2 aromatic rings. The summed E-state index contributed by atoms with van der Waals surface area (Å²) < 4.78 is 5.23. The molecule has 1 heterocycles. The number of nitrogens with zero attached hydrogens (tertiary/aromatic N) is 1. The summed E-state index contributed by atoms with van der Waals surface area (Å²) in [6, 6.07) is 9.03. The number of nitrogens with two attached hydrogens (primary N) is 1. The average Bonchev–Trinajstić information content (AvgIpc) is 2.88. The van der Waals surface area contributed by atoms with Gasteiger partial charge in [-0.1, -0.05) is 35.0 Å². The van der Waals surface area contributed by atoms with E-state index in [1.807, 2.05) is 37.3 Å². The van der Waals surface area contributed by atoms with Gasteiger partial charge in [0.05, 0.1) is 5.75 Å². The summed E-state index contributed by atoms with van der Waals surface area (Å²) in [5.74, 6) is 0.619. The van der Waals surface area contributed by atoms with E-state index in [1.165, 1.54) is 17.3 Å².